The van der Waals surface area contributed by atoms with Gasteiger partial charge in [0.05, 0.1) is 5.69 Å². The van der Waals surface area contributed by atoms with Crippen molar-refractivity contribution in [1.29, 1.82) is 0 Å². The molecule has 2 saturated heterocycles. The number of fused-ring (bicyclic) bond motifs is 1. The van der Waals surface area contributed by atoms with Gasteiger partial charge in [0.15, 0.2) is 0 Å². The van der Waals surface area contributed by atoms with Gasteiger partial charge in [-0.1, -0.05) is 6.07 Å². The van der Waals surface area contributed by atoms with Crippen LogP contribution < -0.4 is 21.6 Å². The number of nitrogens with zero attached hydrogens (tertiary/aromatic N) is 5. The Morgan fingerprint density at radius 1 is 0.922 bits per heavy atom. The van der Waals surface area contributed by atoms with Crippen LogP contribution in [0.15, 0.2) is 35.3 Å². The topological polar surface area (TPSA) is 178 Å². The summed E-state index contributed by atoms with van der Waals surface area (Å²) >= 11 is 0. The van der Waals surface area contributed by atoms with Crippen molar-refractivity contribution in [2.45, 2.75) is 90.3 Å². The van der Waals surface area contributed by atoms with E-state index in [4.69, 9.17) is 9.84 Å². The summed E-state index contributed by atoms with van der Waals surface area (Å²) in [5, 5.41) is 16.8. The predicted octanol–water partition coefficient (Wildman–Crippen LogP) is 3.44. The first-order chi connectivity index (χ1) is 24.1. The maximum absolute atomic E-state index is 13.1. The largest absolute Gasteiger partial charge is 0.465 e. The highest BCUT2D eigenvalue weighted by molar-refractivity contribution is 5.90. The minimum atomic E-state index is -1.28. The average molecular weight is 709 g/mol. The molecule has 3 heterocycles. The van der Waals surface area contributed by atoms with E-state index in [0.717, 1.165) is 57.3 Å². The van der Waals surface area contributed by atoms with Crippen LogP contribution in [0.25, 0.3) is 5.69 Å². The van der Waals surface area contributed by atoms with E-state index in [1.807, 2.05) is 26.8 Å². The standard InChI is InChI=1S/C36H52N8O7/c1-35(2,3)51-34(50)37-14-10-24-11-15-41(16-12-24)27-8-6-26-23-28(9-7-25(26)22-27)44-17-13-29(39-32(44)47)38-31(46)43-20-18-42(19-21-43)30(45)36(4,5)40-33(48)49/h7,9,13,17,23-24,27,40H,6,8,10-12,14-16,18-22H2,1-5H3,(H,37,50)(H,48,49)(H,38,39,46,47). The summed E-state index contributed by atoms with van der Waals surface area (Å²) in [7, 11) is 0. The van der Waals surface area contributed by atoms with Crippen molar-refractivity contribution >= 4 is 29.9 Å². The molecule has 3 aliphatic rings. The van der Waals surface area contributed by atoms with E-state index in [9.17, 15) is 24.0 Å². The number of piperidine rings is 1. The highest BCUT2D eigenvalue weighted by Crippen LogP contribution is 2.30. The van der Waals surface area contributed by atoms with Crippen molar-refractivity contribution in [2.24, 2.45) is 5.92 Å². The summed E-state index contributed by atoms with van der Waals surface area (Å²) < 4.78 is 6.81. The lowest BCUT2D eigenvalue weighted by atomic mass is 9.85. The summed E-state index contributed by atoms with van der Waals surface area (Å²) in [6, 6.07) is 7.76. The number of carbonyl (C=O) groups is 4. The number of benzene rings is 1. The van der Waals surface area contributed by atoms with Crippen molar-refractivity contribution in [3.8, 4) is 5.69 Å². The summed E-state index contributed by atoms with van der Waals surface area (Å²) in [4.78, 5) is 71.5. The van der Waals surface area contributed by atoms with Crippen LogP contribution in [0, 0.1) is 5.92 Å². The van der Waals surface area contributed by atoms with Gasteiger partial charge in [0, 0.05) is 45.0 Å². The van der Waals surface area contributed by atoms with Crippen LogP contribution in [0.2, 0.25) is 0 Å². The van der Waals surface area contributed by atoms with Crippen molar-refractivity contribution in [1.82, 2.24) is 34.9 Å². The van der Waals surface area contributed by atoms with Gasteiger partial charge >= 0.3 is 23.9 Å². The number of urea groups is 1. The van der Waals surface area contributed by atoms with Crippen LogP contribution in [0.5, 0.6) is 0 Å². The van der Waals surface area contributed by atoms with Crippen LogP contribution in [0.1, 0.15) is 71.4 Å². The summed E-state index contributed by atoms with van der Waals surface area (Å²) in [6.45, 7) is 12.3. The zero-order chi connectivity index (χ0) is 36.9. The van der Waals surface area contributed by atoms with Gasteiger partial charge in [0.1, 0.15) is 17.0 Å². The first-order valence-electron chi connectivity index (χ1n) is 17.9. The van der Waals surface area contributed by atoms with Crippen molar-refractivity contribution in [2.75, 3.05) is 51.1 Å². The van der Waals surface area contributed by atoms with E-state index in [1.54, 1.807) is 12.3 Å². The second-order valence-electron chi connectivity index (χ2n) is 15.3. The Labute approximate surface area is 298 Å². The third-order valence-electron chi connectivity index (χ3n) is 9.90. The molecule has 1 unspecified atom stereocenters. The van der Waals surface area contributed by atoms with Gasteiger partial charge in [-0.3, -0.25) is 14.7 Å². The molecule has 5 amide bonds. The Morgan fingerprint density at radius 2 is 1.61 bits per heavy atom. The van der Waals surface area contributed by atoms with Gasteiger partial charge in [-0.25, -0.2) is 19.2 Å². The number of hydrogen-bond donors (Lipinski definition) is 4. The number of amides is 5. The minimum Gasteiger partial charge on any atom is -0.465 e. The van der Waals surface area contributed by atoms with Crippen LogP contribution in [-0.4, -0.2) is 116 Å². The molecule has 1 atom stereocenters. The monoisotopic (exact) mass is 708 g/mol. The Bertz CT molecular complexity index is 1650. The van der Waals surface area contributed by atoms with Crippen molar-refractivity contribution in [3.05, 3.63) is 52.1 Å². The third-order valence-corrected chi connectivity index (χ3v) is 9.90. The number of rotatable bonds is 8. The number of carboxylic acid groups (broad SMARTS) is 1. The lowest BCUT2D eigenvalue weighted by Gasteiger charge is -2.40. The maximum atomic E-state index is 13.1. The molecule has 1 aromatic carbocycles. The van der Waals surface area contributed by atoms with E-state index in [0.29, 0.717) is 18.5 Å². The molecule has 0 radical (unpaired) electrons. The number of nitrogens with one attached hydrogen (secondary N) is 3. The molecule has 15 heteroatoms. The lowest BCUT2D eigenvalue weighted by Crippen LogP contribution is -2.60. The number of carbonyl (C=O) groups excluding carboxylic acids is 3. The molecule has 5 rings (SSSR count). The molecule has 15 nitrogen and oxygen atoms in total. The Balaban J connectivity index is 1.08. The van der Waals surface area contributed by atoms with Gasteiger partial charge < -0.3 is 35.2 Å². The zero-order valence-electron chi connectivity index (χ0n) is 30.4. The summed E-state index contributed by atoms with van der Waals surface area (Å²) in [5.41, 5.74) is 0.976. The molecule has 1 aliphatic carbocycles. The van der Waals surface area contributed by atoms with Crippen molar-refractivity contribution in [3.63, 3.8) is 0 Å². The Morgan fingerprint density at radius 3 is 2.25 bits per heavy atom. The zero-order valence-corrected chi connectivity index (χ0v) is 30.4. The molecule has 0 saturated carbocycles. The molecule has 278 valence electrons. The second kappa shape index (κ2) is 15.7. The van der Waals surface area contributed by atoms with Crippen LogP contribution in [0.4, 0.5) is 20.2 Å². The average Bonchev–Trinajstić information content (AvgIpc) is 3.06. The molecule has 2 fully saturated rings. The number of hydrogen-bond acceptors (Lipinski definition) is 8. The van der Waals surface area contributed by atoms with Gasteiger partial charge in [-0.2, -0.15) is 4.98 Å². The molecular formula is C36H52N8O7. The SMILES string of the molecule is CC(C)(C)OC(=O)NCCC1CCN(C2CCc3cc(-n4ccc(NC(=O)N5CCN(C(=O)C(C)(C)NC(=O)O)CC5)nc4=O)ccc3C2)CC1. The van der Waals surface area contributed by atoms with Crippen LogP contribution in [0.3, 0.4) is 0 Å². The van der Waals surface area contributed by atoms with Gasteiger partial charge in [-0.05, 0) is 121 Å². The molecule has 0 spiro atoms. The quantitative estimate of drug-likeness (QED) is 0.320. The molecule has 51 heavy (non-hydrogen) atoms. The summed E-state index contributed by atoms with van der Waals surface area (Å²) in [6.07, 6.45) is 6.12. The van der Waals surface area contributed by atoms with E-state index in [1.165, 1.54) is 39.3 Å². The number of piperazine rings is 1. The number of alkyl carbamates (subject to hydrolysis) is 1. The number of aromatic nitrogens is 2. The lowest BCUT2D eigenvalue weighted by molar-refractivity contribution is -0.138. The van der Waals surface area contributed by atoms with E-state index < -0.39 is 29.0 Å². The maximum Gasteiger partial charge on any atom is 0.407 e. The third kappa shape index (κ3) is 9.99. The van der Waals surface area contributed by atoms with Crippen LogP contribution in [-0.2, 0) is 22.4 Å². The summed E-state index contributed by atoms with van der Waals surface area (Å²) in [5.74, 6) is 0.366. The highest BCUT2D eigenvalue weighted by Gasteiger charge is 2.36. The number of ether oxygens (including phenoxy) is 1. The molecule has 2 aromatic rings. The van der Waals surface area contributed by atoms with E-state index >= 15 is 0 Å². The molecule has 1 aromatic heterocycles. The van der Waals surface area contributed by atoms with Crippen LogP contribution >= 0.6 is 0 Å². The fraction of sp³-hybridized carbons (Fsp3) is 0.611. The van der Waals surface area contributed by atoms with Gasteiger partial charge in [0.2, 0.25) is 5.91 Å². The molecule has 0 bridgehead atoms. The molecular weight excluding hydrogens is 656 g/mol. The minimum absolute atomic E-state index is 0.135. The first-order valence-corrected chi connectivity index (χ1v) is 17.9. The fourth-order valence-electron chi connectivity index (χ4n) is 7.17. The second-order valence-corrected chi connectivity index (χ2v) is 15.3. The Hall–Kier alpha value is -4.66. The number of aryl methyl sites for hydroxylation is 1. The fourth-order valence-corrected chi connectivity index (χ4v) is 7.17. The number of likely N-dealkylation sites (tertiary alicyclic amines) is 1. The first kappa shape index (κ1) is 37.6. The van der Waals surface area contributed by atoms with Crippen molar-refractivity contribution < 1.29 is 29.0 Å². The predicted molar refractivity (Wildman–Crippen MR) is 191 cm³/mol. The Kier molecular flexibility index (Phi) is 11.6. The van der Waals surface area contributed by atoms with Gasteiger partial charge in [0.25, 0.3) is 0 Å². The highest BCUT2D eigenvalue weighted by atomic mass is 16.6. The molecule has 2 aliphatic heterocycles. The number of anilines is 1. The van der Waals surface area contributed by atoms with E-state index in [2.05, 4.69) is 38.0 Å². The van der Waals surface area contributed by atoms with E-state index in [-0.39, 0.29) is 44.0 Å². The van der Waals surface area contributed by atoms with Gasteiger partial charge in [-0.15, -0.1) is 0 Å². The smallest absolute Gasteiger partial charge is 0.407 e. The molecule has 4 N–H and O–H groups in total. The normalized spacial score (nSPS) is 18.8.